The van der Waals surface area contributed by atoms with Crippen molar-refractivity contribution < 1.29 is 39.7 Å². The Morgan fingerprint density at radius 2 is 2.00 bits per heavy atom. The SMILES string of the molecule is FC(F)(F)Sc1cc(Cl)[c-]cn1.O.[W]. The second kappa shape index (κ2) is 6.66. The standard InChI is InChI=1S/C6H2ClF3NS.H2O.W/c7-4-1-2-11-5(3-4)12-6(8,9)10;;/h2-3H;1H2;/q-1;;. The number of hydrogen-bond acceptors (Lipinski definition) is 2. The molecule has 0 radical (unpaired) electrons. The fourth-order valence-electron chi connectivity index (χ4n) is 0.519. The van der Waals surface area contributed by atoms with E-state index in [1.807, 2.05) is 0 Å². The van der Waals surface area contributed by atoms with E-state index in [0.717, 1.165) is 12.3 Å². The first kappa shape index (κ1) is 16.7. The van der Waals surface area contributed by atoms with Gasteiger partial charge < -0.3 is 5.48 Å². The Kier molecular flexibility index (Phi) is 7.93. The topological polar surface area (TPSA) is 44.4 Å². The van der Waals surface area contributed by atoms with Gasteiger partial charge in [0.15, 0.2) is 0 Å². The van der Waals surface area contributed by atoms with Crippen LogP contribution in [0.5, 0.6) is 0 Å². The molecule has 80 valence electrons. The molecule has 0 unspecified atom stereocenters. The molecule has 8 heteroatoms. The van der Waals surface area contributed by atoms with E-state index in [1.54, 1.807) is 0 Å². The first-order valence-corrected chi connectivity index (χ1v) is 3.96. The monoisotopic (exact) mass is 414 g/mol. The predicted octanol–water partition coefficient (Wildman–Crippen LogP) is 2.32. The van der Waals surface area contributed by atoms with Crippen molar-refractivity contribution in [1.82, 2.24) is 4.98 Å². The molecule has 2 nitrogen and oxygen atoms in total. The summed E-state index contributed by atoms with van der Waals surface area (Å²) in [7, 11) is 0. The van der Waals surface area contributed by atoms with Gasteiger partial charge in [0.05, 0.1) is 0 Å². The Balaban J connectivity index is 0. The van der Waals surface area contributed by atoms with E-state index in [1.165, 1.54) is 0 Å². The second-order valence-electron chi connectivity index (χ2n) is 1.78. The van der Waals surface area contributed by atoms with Crippen molar-refractivity contribution in [2.24, 2.45) is 0 Å². The Hall–Kier alpha value is 0.228. The number of halogens is 4. The van der Waals surface area contributed by atoms with Crippen molar-refractivity contribution in [2.45, 2.75) is 10.5 Å². The molecule has 2 N–H and O–H groups in total. The summed E-state index contributed by atoms with van der Waals surface area (Å²) in [5.74, 6) is 0. The molecule has 0 aliphatic rings. The average molecular weight is 414 g/mol. The molecule has 0 aromatic carbocycles. The van der Waals surface area contributed by atoms with Crippen LogP contribution in [0.1, 0.15) is 0 Å². The van der Waals surface area contributed by atoms with Gasteiger partial charge in [-0.15, -0.1) is 16.6 Å². The van der Waals surface area contributed by atoms with Crippen LogP contribution in [0.25, 0.3) is 0 Å². The van der Waals surface area contributed by atoms with E-state index in [4.69, 9.17) is 11.6 Å². The maximum absolute atomic E-state index is 11.7. The fraction of sp³-hybridized carbons (Fsp3) is 0.167. The quantitative estimate of drug-likeness (QED) is 0.523. The van der Waals surface area contributed by atoms with Crippen LogP contribution in [0, 0.1) is 6.07 Å². The number of alkyl halides is 3. The Bertz CT molecular complexity index is 286. The van der Waals surface area contributed by atoms with Crippen LogP contribution >= 0.6 is 23.4 Å². The summed E-state index contributed by atoms with van der Waals surface area (Å²) in [5.41, 5.74) is -4.32. The molecule has 1 aromatic heterocycles. The van der Waals surface area contributed by atoms with E-state index in [9.17, 15) is 13.2 Å². The van der Waals surface area contributed by atoms with Crippen molar-refractivity contribution in [3.8, 4) is 0 Å². The van der Waals surface area contributed by atoms with Gasteiger partial charge in [0.2, 0.25) is 0 Å². The van der Waals surface area contributed by atoms with Crippen molar-refractivity contribution in [3.05, 3.63) is 23.4 Å². The third-order valence-electron chi connectivity index (χ3n) is 0.865. The van der Waals surface area contributed by atoms with Crippen LogP contribution in [0.4, 0.5) is 13.2 Å². The van der Waals surface area contributed by atoms with Gasteiger partial charge in [-0.2, -0.15) is 19.2 Å². The van der Waals surface area contributed by atoms with Crippen molar-refractivity contribution in [2.75, 3.05) is 0 Å². The van der Waals surface area contributed by atoms with E-state index < -0.39 is 5.51 Å². The molecule has 0 spiro atoms. The normalized spacial score (nSPS) is 10.0. The van der Waals surface area contributed by atoms with Crippen LogP contribution < -0.4 is 0 Å². The summed E-state index contributed by atoms with van der Waals surface area (Å²) in [6.45, 7) is 0. The molecular formula is C6H4ClF3NOSW-. The van der Waals surface area contributed by atoms with Gasteiger partial charge in [0.25, 0.3) is 0 Å². The van der Waals surface area contributed by atoms with Gasteiger partial charge in [-0.25, -0.2) is 6.07 Å². The molecule has 0 bridgehead atoms. The van der Waals surface area contributed by atoms with Crippen LogP contribution in [-0.2, 0) is 21.1 Å². The Labute approximate surface area is 102 Å². The number of thioether (sulfide) groups is 1. The van der Waals surface area contributed by atoms with Crippen LogP contribution in [-0.4, -0.2) is 16.0 Å². The van der Waals surface area contributed by atoms with E-state index >= 15 is 0 Å². The summed E-state index contributed by atoms with van der Waals surface area (Å²) >= 11 is 5.10. The predicted molar refractivity (Wildman–Crippen MR) is 43.6 cm³/mol. The Morgan fingerprint density at radius 1 is 1.43 bits per heavy atom. The minimum absolute atomic E-state index is 0. The summed E-state index contributed by atoms with van der Waals surface area (Å²) in [4.78, 5) is 3.43. The summed E-state index contributed by atoms with van der Waals surface area (Å²) in [6.07, 6.45) is 1.11. The van der Waals surface area contributed by atoms with Gasteiger partial charge >= 0.3 is 5.51 Å². The minimum Gasteiger partial charge on any atom is -0.412 e. The van der Waals surface area contributed by atoms with Gasteiger partial charge in [-0.05, 0) is 11.8 Å². The summed E-state index contributed by atoms with van der Waals surface area (Å²) < 4.78 is 35.2. The smallest absolute Gasteiger partial charge is 0.412 e. The molecule has 1 aromatic rings. The molecule has 1 heterocycles. The molecule has 14 heavy (non-hydrogen) atoms. The maximum atomic E-state index is 11.7. The molecular weight excluding hydrogens is 410 g/mol. The minimum atomic E-state index is -4.32. The van der Waals surface area contributed by atoms with Crippen molar-refractivity contribution >= 4 is 23.4 Å². The van der Waals surface area contributed by atoms with Gasteiger partial charge in [-0.3, -0.25) is 4.98 Å². The number of rotatable bonds is 1. The third-order valence-corrected chi connectivity index (χ3v) is 1.75. The zero-order valence-electron chi connectivity index (χ0n) is 6.43. The van der Waals surface area contributed by atoms with Gasteiger partial charge in [0.1, 0.15) is 0 Å². The van der Waals surface area contributed by atoms with E-state index in [-0.39, 0.29) is 48.4 Å². The Morgan fingerprint density at radius 3 is 2.43 bits per heavy atom. The zero-order chi connectivity index (χ0) is 9.19. The first-order valence-electron chi connectivity index (χ1n) is 2.76. The molecule has 0 amide bonds. The zero-order valence-corrected chi connectivity index (χ0v) is 10.9. The number of hydrogen-bond donors (Lipinski definition) is 0. The van der Waals surface area contributed by atoms with E-state index in [2.05, 4.69) is 11.1 Å². The molecule has 0 aliphatic carbocycles. The molecule has 0 atom stereocenters. The van der Waals surface area contributed by atoms with Crippen molar-refractivity contribution in [1.29, 1.82) is 0 Å². The van der Waals surface area contributed by atoms with Crippen molar-refractivity contribution in [3.63, 3.8) is 0 Å². The van der Waals surface area contributed by atoms with Crippen LogP contribution in [0.2, 0.25) is 5.02 Å². The third kappa shape index (κ3) is 6.65. The number of aromatic nitrogens is 1. The largest absolute Gasteiger partial charge is 0.446 e. The summed E-state index contributed by atoms with van der Waals surface area (Å²) in [5, 5.41) is -0.0528. The number of pyridine rings is 1. The maximum Gasteiger partial charge on any atom is 0.446 e. The summed E-state index contributed by atoms with van der Waals surface area (Å²) in [6, 6.07) is 3.54. The van der Waals surface area contributed by atoms with E-state index in [0.29, 0.717) is 0 Å². The second-order valence-corrected chi connectivity index (χ2v) is 3.27. The van der Waals surface area contributed by atoms with Crippen LogP contribution in [0.3, 0.4) is 0 Å². The average Bonchev–Trinajstić information content (AvgIpc) is 1.82. The molecule has 1 rings (SSSR count). The first-order chi connectivity index (χ1) is 5.47. The fourth-order valence-corrected chi connectivity index (χ4v) is 1.26. The molecule has 0 saturated carbocycles. The molecule has 0 aliphatic heterocycles. The molecule has 0 saturated heterocycles. The van der Waals surface area contributed by atoms with Gasteiger partial charge in [-0.1, -0.05) is 6.20 Å². The molecule has 0 fully saturated rings. The van der Waals surface area contributed by atoms with Gasteiger partial charge in [0, 0.05) is 26.1 Å². The van der Waals surface area contributed by atoms with Crippen LogP contribution in [0.15, 0.2) is 17.3 Å². The number of nitrogens with zero attached hydrogens (tertiary/aromatic N) is 1.